The van der Waals surface area contributed by atoms with Crippen molar-refractivity contribution in [2.45, 2.75) is 18.2 Å². The summed E-state index contributed by atoms with van der Waals surface area (Å²) in [5.74, 6) is 1.01. The van der Waals surface area contributed by atoms with E-state index in [1.165, 1.54) is 11.1 Å². The number of aromatic nitrogens is 2. The second-order valence-corrected chi connectivity index (χ2v) is 4.72. The lowest BCUT2D eigenvalue weighted by molar-refractivity contribution is 0.876. The minimum Gasteiger partial charge on any atom is -0.349 e. The molecule has 1 heterocycles. The minimum absolute atomic E-state index is 0.323. The Bertz CT molecular complexity index is 406. The maximum Gasteiger partial charge on any atom is 0.107 e. The highest BCUT2D eigenvalue weighted by atomic mass is 79.9. The molecule has 0 aliphatic carbocycles. The van der Waals surface area contributed by atoms with Gasteiger partial charge >= 0.3 is 0 Å². The summed E-state index contributed by atoms with van der Waals surface area (Å²) in [6, 6.07) is 8.56. The number of hydrogen-bond donors (Lipinski definition) is 1. The molecule has 0 aliphatic heterocycles. The fourth-order valence-electron chi connectivity index (χ4n) is 1.47. The molecule has 2 nitrogen and oxygen atoms in total. The van der Waals surface area contributed by atoms with E-state index < -0.39 is 0 Å². The van der Waals surface area contributed by atoms with Crippen LogP contribution < -0.4 is 0 Å². The first-order valence-corrected chi connectivity index (χ1v) is 5.86. The maximum atomic E-state index is 4.21. The van der Waals surface area contributed by atoms with E-state index in [-0.39, 0.29) is 0 Å². The number of aryl methyl sites for hydroxylation is 1. The van der Waals surface area contributed by atoms with Crippen molar-refractivity contribution in [3.63, 3.8) is 0 Å². The number of nitrogens with zero attached hydrogens (tertiary/aromatic N) is 1. The van der Waals surface area contributed by atoms with Gasteiger partial charge in [-0.25, -0.2) is 4.98 Å². The zero-order valence-corrected chi connectivity index (χ0v) is 10.2. The van der Waals surface area contributed by atoms with Crippen LogP contribution in [0.5, 0.6) is 0 Å². The van der Waals surface area contributed by atoms with E-state index in [1.54, 1.807) is 6.20 Å². The summed E-state index contributed by atoms with van der Waals surface area (Å²) in [6.45, 7) is 2.10. The first-order valence-electron chi connectivity index (χ1n) is 4.94. The van der Waals surface area contributed by atoms with E-state index in [4.69, 9.17) is 0 Å². The number of alkyl halides is 1. The summed E-state index contributed by atoms with van der Waals surface area (Å²) in [5.41, 5.74) is 2.58. The highest BCUT2D eigenvalue weighted by molar-refractivity contribution is 9.09. The molecule has 1 unspecified atom stereocenters. The van der Waals surface area contributed by atoms with Crippen molar-refractivity contribution in [2.24, 2.45) is 0 Å². The highest BCUT2D eigenvalue weighted by Crippen LogP contribution is 2.25. The molecule has 0 aliphatic rings. The maximum absolute atomic E-state index is 4.21. The van der Waals surface area contributed by atoms with E-state index in [0.29, 0.717) is 4.83 Å². The molecule has 78 valence electrons. The molecule has 1 aromatic heterocycles. The fourth-order valence-corrected chi connectivity index (χ4v) is 2.08. The number of H-pyrrole nitrogens is 1. The number of rotatable bonds is 3. The van der Waals surface area contributed by atoms with Gasteiger partial charge in [0.15, 0.2) is 0 Å². The lowest BCUT2D eigenvalue weighted by atomic mass is 10.1. The Kier molecular flexibility index (Phi) is 3.21. The van der Waals surface area contributed by atoms with Crippen molar-refractivity contribution >= 4 is 15.9 Å². The van der Waals surface area contributed by atoms with Crippen LogP contribution in [0.4, 0.5) is 0 Å². The molecule has 0 fully saturated rings. The molecule has 2 aromatic rings. The largest absolute Gasteiger partial charge is 0.349 e. The van der Waals surface area contributed by atoms with Crippen LogP contribution in [0.25, 0.3) is 0 Å². The van der Waals surface area contributed by atoms with Gasteiger partial charge in [-0.1, -0.05) is 45.8 Å². The van der Waals surface area contributed by atoms with Crippen molar-refractivity contribution in [3.8, 4) is 0 Å². The van der Waals surface area contributed by atoms with Gasteiger partial charge in [0.25, 0.3) is 0 Å². The van der Waals surface area contributed by atoms with E-state index >= 15 is 0 Å². The Hall–Kier alpha value is -1.09. The molecule has 2 rings (SSSR count). The molecule has 1 aromatic carbocycles. The van der Waals surface area contributed by atoms with Gasteiger partial charge in [-0.3, -0.25) is 0 Å². The van der Waals surface area contributed by atoms with Gasteiger partial charge in [-0.05, 0) is 12.5 Å². The van der Waals surface area contributed by atoms with Gasteiger partial charge < -0.3 is 4.98 Å². The lowest BCUT2D eigenvalue weighted by Crippen LogP contribution is -1.97. The summed E-state index contributed by atoms with van der Waals surface area (Å²) in [6.07, 6.45) is 4.52. The predicted molar refractivity (Wildman–Crippen MR) is 65.1 cm³/mol. The van der Waals surface area contributed by atoms with Crippen molar-refractivity contribution in [3.05, 3.63) is 53.6 Å². The third-order valence-corrected chi connectivity index (χ3v) is 3.22. The van der Waals surface area contributed by atoms with E-state index in [0.717, 1.165) is 12.2 Å². The Balaban J connectivity index is 2.08. The van der Waals surface area contributed by atoms with Crippen LogP contribution in [0.3, 0.4) is 0 Å². The van der Waals surface area contributed by atoms with Crippen LogP contribution in [0.15, 0.2) is 36.7 Å². The highest BCUT2D eigenvalue weighted by Gasteiger charge is 2.09. The van der Waals surface area contributed by atoms with Crippen molar-refractivity contribution in [1.29, 1.82) is 0 Å². The predicted octanol–water partition coefficient (Wildman–Crippen LogP) is 3.40. The van der Waals surface area contributed by atoms with Gasteiger partial charge in [0.05, 0.1) is 0 Å². The van der Waals surface area contributed by atoms with Crippen LogP contribution in [-0.4, -0.2) is 9.97 Å². The zero-order valence-electron chi connectivity index (χ0n) is 8.57. The van der Waals surface area contributed by atoms with Crippen molar-refractivity contribution < 1.29 is 0 Å². The Morgan fingerprint density at radius 2 is 2.07 bits per heavy atom. The van der Waals surface area contributed by atoms with Crippen LogP contribution in [-0.2, 0) is 6.42 Å². The monoisotopic (exact) mass is 264 g/mol. The molecule has 0 bridgehead atoms. The van der Waals surface area contributed by atoms with E-state index in [1.807, 2.05) is 6.20 Å². The van der Waals surface area contributed by atoms with Crippen LogP contribution in [0.1, 0.15) is 21.8 Å². The van der Waals surface area contributed by atoms with Crippen LogP contribution >= 0.6 is 15.9 Å². The van der Waals surface area contributed by atoms with Gasteiger partial charge in [-0.15, -0.1) is 0 Å². The van der Waals surface area contributed by atoms with Crippen molar-refractivity contribution in [1.82, 2.24) is 9.97 Å². The smallest absolute Gasteiger partial charge is 0.107 e. The second kappa shape index (κ2) is 4.62. The summed E-state index contributed by atoms with van der Waals surface area (Å²) in [4.78, 5) is 7.65. The molecule has 15 heavy (non-hydrogen) atoms. The summed E-state index contributed by atoms with van der Waals surface area (Å²) in [5, 5.41) is 0. The molecular formula is C12H13BrN2. The van der Waals surface area contributed by atoms with Crippen LogP contribution in [0.2, 0.25) is 0 Å². The molecule has 3 heteroatoms. The third kappa shape index (κ3) is 2.69. The third-order valence-electron chi connectivity index (χ3n) is 2.37. The number of halogens is 1. The Morgan fingerprint density at radius 1 is 1.33 bits per heavy atom. The fraction of sp³-hybridized carbons (Fsp3) is 0.250. The van der Waals surface area contributed by atoms with Gasteiger partial charge in [0.2, 0.25) is 0 Å². The molecule has 1 N–H and O–H groups in total. The number of imidazole rings is 1. The summed E-state index contributed by atoms with van der Waals surface area (Å²) < 4.78 is 0. The van der Waals surface area contributed by atoms with Gasteiger partial charge in [0.1, 0.15) is 5.82 Å². The normalized spacial score (nSPS) is 12.7. The number of aromatic amines is 1. The lowest BCUT2D eigenvalue weighted by Gasteiger charge is -2.08. The first kappa shape index (κ1) is 10.4. The average molecular weight is 265 g/mol. The molecule has 0 saturated heterocycles. The summed E-state index contributed by atoms with van der Waals surface area (Å²) >= 11 is 3.67. The molecular weight excluding hydrogens is 252 g/mol. The second-order valence-electron chi connectivity index (χ2n) is 3.62. The Morgan fingerprint density at radius 3 is 2.67 bits per heavy atom. The molecule has 1 atom stereocenters. The first-order chi connectivity index (χ1) is 7.25. The van der Waals surface area contributed by atoms with Crippen molar-refractivity contribution in [2.75, 3.05) is 0 Å². The van der Waals surface area contributed by atoms with Crippen LogP contribution in [0, 0.1) is 6.92 Å². The zero-order chi connectivity index (χ0) is 10.7. The van der Waals surface area contributed by atoms with Gasteiger partial charge in [0, 0.05) is 23.6 Å². The number of benzene rings is 1. The minimum atomic E-state index is 0.323. The Labute approximate surface area is 97.9 Å². The molecule has 0 spiro atoms. The SMILES string of the molecule is Cc1ccc(C(Br)Cc2ncc[nH]2)cc1. The molecule has 0 saturated carbocycles. The van der Waals surface area contributed by atoms with Gasteiger partial charge in [-0.2, -0.15) is 0 Å². The molecule has 0 amide bonds. The summed E-state index contributed by atoms with van der Waals surface area (Å²) in [7, 11) is 0. The standard InChI is InChI=1S/C12H13BrN2/c1-9-2-4-10(5-3-9)11(13)8-12-14-6-7-15-12/h2-7,11H,8H2,1H3,(H,14,15). The average Bonchev–Trinajstić information content (AvgIpc) is 2.71. The topological polar surface area (TPSA) is 28.7 Å². The van der Waals surface area contributed by atoms with E-state index in [9.17, 15) is 0 Å². The molecule has 0 radical (unpaired) electrons. The van der Waals surface area contributed by atoms with E-state index in [2.05, 4.69) is 57.1 Å². The number of hydrogen-bond acceptors (Lipinski definition) is 1. The quantitative estimate of drug-likeness (QED) is 0.846. The number of nitrogens with one attached hydrogen (secondary N) is 1.